The first kappa shape index (κ1) is 12.6. The van der Waals surface area contributed by atoms with Gasteiger partial charge in [0.2, 0.25) is 0 Å². The Morgan fingerprint density at radius 1 is 1.62 bits per heavy atom. The molecule has 0 radical (unpaired) electrons. The number of carbonyl (C=O) groups excluding carboxylic acids is 1. The average Bonchev–Trinajstić information content (AvgIpc) is 2.25. The zero-order valence-corrected chi connectivity index (χ0v) is 9.99. The molecule has 86 valence electrons. The van der Waals surface area contributed by atoms with Crippen molar-refractivity contribution in [3.05, 3.63) is 34.1 Å². The molecule has 16 heavy (non-hydrogen) atoms. The fourth-order valence-electron chi connectivity index (χ4n) is 1.09. The van der Waals surface area contributed by atoms with E-state index in [0.29, 0.717) is 0 Å². The van der Waals surface area contributed by atoms with Crippen LogP contribution in [0.2, 0.25) is 0 Å². The van der Waals surface area contributed by atoms with Crippen LogP contribution in [0.5, 0.6) is 0 Å². The van der Waals surface area contributed by atoms with E-state index in [4.69, 9.17) is 5.21 Å². The van der Waals surface area contributed by atoms with E-state index >= 15 is 0 Å². The van der Waals surface area contributed by atoms with Gasteiger partial charge in [0.25, 0.3) is 0 Å². The second kappa shape index (κ2) is 5.60. The smallest absolute Gasteiger partial charge is 0.361 e. The van der Waals surface area contributed by atoms with Gasteiger partial charge < -0.3 is 9.94 Å². The molecular formula is C10H9BrFNO3. The van der Waals surface area contributed by atoms with Crippen molar-refractivity contribution < 1.29 is 19.1 Å². The molecule has 1 aromatic rings. The summed E-state index contributed by atoms with van der Waals surface area (Å²) in [7, 11) is 0. The molecule has 0 aliphatic carbocycles. The highest BCUT2D eigenvalue weighted by Crippen LogP contribution is 2.19. The van der Waals surface area contributed by atoms with Crippen molar-refractivity contribution in [1.82, 2.24) is 0 Å². The monoisotopic (exact) mass is 289 g/mol. The van der Waals surface area contributed by atoms with E-state index in [-0.39, 0.29) is 16.6 Å². The Hall–Kier alpha value is -1.43. The van der Waals surface area contributed by atoms with Gasteiger partial charge in [-0.05, 0) is 35.0 Å². The number of hydrogen-bond acceptors (Lipinski definition) is 4. The fraction of sp³-hybridized carbons (Fsp3) is 0.200. The van der Waals surface area contributed by atoms with Gasteiger partial charge in [-0.1, -0.05) is 11.2 Å². The Kier molecular flexibility index (Phi) is 4.42. The van der Waals surface area contributed by atoms with Crippen molar-refractivity contribution in [2.75, 3.05) is 6.61 Å². The topological polar surface area (TPSA) is 58.9 Å². The van der Waals surface area contributed by atoms with E-state index in [0.717, 1.165) is 0 Å². The van der Waals surface area contributed by atoms with Crippen LogP contribution in [-0.4, -0.2) is 23.5 Å². The fourth-order valence-corrected chi connectivity index (χ4v) is 1.46. The van der Waals surface area contributed by atoms with Crippen LogP contribution in [0.3, 0.4) is 0 Å². The van der Waals surface area contributed by atoms with Gasteiger partial charge in [0.05, 0.1) is 11.1 Å². The van der Waals surface area contributed by atoms with Crippen molar-refractivity contribution >= 4 is 27.6 Å². The van der Waals surface area contributed by atoms with Gasteiger partial charge in [-0.2, -0.15) is 0 Å². The largest absolute Gasteiger partial charge is 0.461 e. The van der Waals surface area contributed by atoms with Crippen molar-refractivity contribution in [3.63, 3.8) is 0 Å². The number of esters is 1. The molecule has 0 aliphatic rings. The SMILES string of the molecule is CCOC(=O)C(=NO)c1cccc(Br)c1F. The minimum absolute atomic E-state index is 0.115. The molecule has 1 rings (SSSR count). The number of carbonyl (C=O) groups is 1. The van der Waals surface area contributed by atoms with E-state index in [1.807, 2.05) is 0 Å². The first-order valence-electron chi connectivity index (χ1n) is 4.45. The second-order valence-electron chi connectivity index (χ2n) is 2.77. The van der Waals surface area contributed by atoms with Crippen molar-refractivity contribution in [3.8, 4) is 0 Å². The molecule has 0 atom stereocenters. The lowest BCUT2D eigenvalue weighted by Gasteiger charge is -2.06. The second-order valence-corrected chi connectivity index (χ2v) is 3.62. The lowest BCUT2D eigenvalue weighted by molar-refractivity contribution is -0.135. The van der Waals surface area contributed by atoms with Gasteiger partial charge in [-0.15, -0.1) is 0 Å². The first-order chi connectivity index (χ1) is 7.61. The predicted molar refractivity (Wildman–Crippen MR) is 59.1 cm³/mol. The van der Waals surface area contributed by atoms with Gasteiger partial charge in [-0.25, -0.2) is 9.18 Å². The summed E-state index contributed by atoms with van der Waals surface area (Å²) in [5.41, 5.74) is -0.573. The Morgan fingerprint density at radius 3 is 2.88 bits per heavy atom. The average molecular weight is 290 g/mol. The molecule has 0 spiro atoms. The number of benzene rings is 1. The van der Waals surface area contributed by atoms with Crippen LogP contribution in [0.15, 0.2) is 27.8 Å². The number of nitrogens with zero attached hydrogens (tertiary/aromatic N) is 1. The van der Waals surface area contributed by atoms with Crippen molar-refractivity contribution in [1.29, 1.82) is 0 Å². The Bertz CT molecular complexity index is 434. The van der Waals surface area contributed by atoms with Crippen molar-refractivity contribution in [2.24, 2.45) is 5.16 Å². The number of hydrogen-bond donors (Lipinski definition) is 1. The highest BCUT2D eigenvalue weighted by Gasteiger charge is 2.20. The number of halogens is 2. The molecule has 0 saturated heterocycles. The third-order valence-corrected chi connectivity index (χ3v) is 2.39. The lowest BCUT2D eigenvalue weighted by atomic mass is 10.1. The van der Waals surface area contributed by atoms with Crippen LogP contribution < -0.4 is 0 Å². The molecule has 0 saturated carbocycles. The lowest BCUT2D eigenvalue weighted by Crippen LogP contribution is -2.20. The molecule has 4 nitrogen and oxygen atoms in total. The van der Waals surface area contributed by atoms with E-state index in [1.54, 1.807) is 6.92 Å². The quantitative estimate of drug-likeness (QED) is 0.402. The molecule has 0 amide bonds. The van der Waals surface area contributed by atoms with E-state index in [9.17, 15) is 9.18 Å². The number of oxime groups is 1. The molecule has 0 heterocycles. The third kappa shape index (κ3) is 2.57. The zero-order chi connectivity index (χ0) is 12.1. The van der Waals surface area contributed by atoms with Gasteiger partial charge in [0, 0.05) is 5.56 Å². The summed E-state index contributed by atoms with van der Waals surface area (Å²) in [6, 6.07) is 4.32. The summed E-state index contributed by atoms with van der Waals surface area (Å²) in [5.74, 6) is -1.55. The molecular weight excluding hydrogens is 281 g/mol. The van der Waals surface area contributed by atoms with Crippen LogP contribution in [0.25, 0.3) is 0 Å². The van der Waals surface area contributed by atoms with Crippen LogP contribution in [-0.2, 0) is 9.53 Å². The van der Waals surface area contributed by atoms with Gasteiger partial charge in [-0.3, -0.25) is 0 Å². The highest BCUT2D eigenvalue weighted by molar-refractivity contribution is 9.10. The maximum Gasteiger partial charge on any atom is 0.361 e. The molecule has 0 fully saturated rings. The molecule has 1 N–H and O–H groups in total. The van der Waals surface area contributed by atoms with Crippen LogP contribution in [0.1, 0.15) is 12.5 Å². The molecule has 0 aromatic heterocycles. The van der Waals surface area contributed by atoms with Crippen LogP contribution in [0.4, 0.5) is 4.39 Å². The first-order valence-corrected chi connectivity index (χ1v) is 5.24. The standard InChI is InChI=1S/C10H9BrFNO3/c1-2-16-10(14)9(13-15)6-4-3-5-7(11)8(6)12/h3-5,15H,2H2,1H3. The molecule has 6 heteroatoms. The number of rotatable bonds is 3. The van der Waals surface area contributed by atoms with E-state index in [2.05, 4.69) is 25.8 Å². The van der Waals surface area contributed by atoms with Crippen LogP contribution in [0, 0.1) is 5.82 Å². The summed E-state index contributed by atoms with van der Waals surface area (Å²) in [6.45, 7) is 1.72. The molecule has 1 aromatic carbocycles. The van der Waals surface area contributed by atoms with Crippen LogP contribution >= 0.6 is 15.9 Å². The Morgan fingerprint density at radius 2 is 2.31 bits per heavy atom. The summed E-state index contributed by atoms with van der Waals surface area (Å²) in [5, 5.41) is 11.5. The number of ether oxygens (including phenoxy) is 1. The normalized spacial score (nSPS) is 11.3. The molecule has 0 bridgehead atoms. The summed E-state index contributed by atoms with van der Waals surface area (Å²) in [4.78, 5) is 11.3. The van der Waals surface area contributed by atoms with Gasteiger partial charge in [0.15, 0.2) is 5.71 Å². The van der Waals surface area contributed by atoms with E-state index in [1.165, 1.54) is 18.2 Å². The molecule has 0 aliphatic heterocycles. The summed E-state index contributed by atoms with van der Waals surface area (Å²) in [6.07, 6.45) is 0. The minimum atomic E-state index is -0.873. The minimum Gasteiger partial charge on any atom is -0.461 e. The van der Waals surface area contributed by atoms with Crippen molar-refractivity contribution in [2.45, 2.75) is 6.92 Å². The Balaban J connectivity index is 3.15. The predicted octanol–water partition coefficient (Wildman–Crippen LogP) is 2.33. The summed E-state index contributed by atoms with van der Waals surface area (Å²) >= 11 is 2.97. The maximum absolute atomic E-state index is 13.6. The zero-order valence-electron chi connectivity index (χ0n) is 8.41. The maximum atomic E-state index is 13.6. The van der Waals surface area contributed by atoms with Gasteiger partial charge in [0.1, 0.15) is 5.82 Å². The summed E-state index contributed by atoms with van der Waals surface area (Å²) < 4.78 is 18.4. The molecule has 0 unspecified atom stereocenters. The Labute approximate surface area is 99.8 Å². The van der Waals surface area contributed by atoms with Gasteiger partial charge >= 0.3 is 5.97 Å². The third-order valence-electron chi connectivity index (χ3n) is 1.78. The highest BCUT2D eigenvalue weighted by atomic mass is 79.9. The van der Waals surface area contributed by atoms with E-state index < -0.39 is 17.5 Å².